The Bertz CT molecular complexity index is 877. The number of aromatic nitrogens is 6. The van der Waals surface area contributed by atoms with E-state index in [1.807, 2.05) is 36.4 Å². The van der Waals surface area contributed by atoms with Gasteiger partial charge in [0.25, 0.3) is 0 Å². The van der Waals surface area contributed by atoms with Gasteiger partial charge in [0.1, 0.15) is 4.60 Å². The Labute approximate surface area is 174 Å². The Hall–Kier alpha value is -2.48. The molecule has 4 rings (SSSR count). The maximum atomic E-state index is 5.64. The summed E-state index contributed by atoms with van der Waals surface area (Å²) in [6.45, 7) is 0. The largest absolute Gasteiger partial charge is 0.255 e. The first-order valence-electron chi connectivity index (χ1n) is 7.54. The maximum Gasteiger partial charge on any atom is 0.222 e. The zero-order chi connectivity index (χ0) is 19.3. The minimum absolute atomic E-state index is 0.239. The van der Waals surface area contributed by atoms with E-state index in [1.54, 1.807) is 43.1 Å². The smallest absolute Gasteiger partial charge is 0.222 e. The average molecular weight is 464 g/mol. The van der Waals surface area contributed by atoms with Crippen LogP contribution in [-0.4, -0.2) is 29.9 Å². The van der Waals surface area contributed by atoms with Crippen LogP contribution >= 0.6 is 39.1 Å². The highest BCUT2D eigenvalue weighted by atomic mass is 79.9. The predicted molar refractivity (Wildman–Crippen MR) is 109 cm³/mol. The highest BCUT2D eigenvalue weighted by Gasteiger charge is 1.99. The molecule has 0 aliphatic heterocycles. The van der Waals surface area contributed by atoms with Gasteiger partial charge in [-0.25, -0.2) is 24.9 Å². The number of pyridine rings is 2. The molecule has 0 saturated carbocycles. The molecule has 4 aromatic heterocycles. The van der Waals surface area contributed by atoms with Gasteiger partial charge in [0.05, 0.1) is 11.4 Å². The molecule has 0 spiro atoms. The Morgan fingerprint density at radius 2 is 1.19 bits per heavy atom. The first-order chi connectivity index (χ1) is 13.1. The van der Waals surface area contributed by atoms with Crippen LogP contribution in [0.2, 0.25) is 10.6 Å². The van der Waals surface area contributed by atoms with Gasteiger partial charge in [-0.2, -0.15) is 0 Å². The highest BCUT2D eigenvalue weighted by Crippen LogP contribution is 2.13. The van der Waals surface area contributed by atoms with Gasteiger partial charge < -0.3 is 0 Å². The number of hydrogen-bond acceptors (Lipinski definition) is 6. The molecule has 0 aromatic carbocycles. The molecule has 0 bridgehead atoms. The zero-order valence-corrected chi connectivity index (χ0v) is 16.9. The summed E-state index contributed by atoms with van der Waals surface area (Å²) in [6, 6.07) is 14.8. The first-order valence-corrected chi connectivity index (χ1v) is 9.09. The molecule has 4 aromatic rings. The Morgan fingerprint density at radius 3 is 1.63 bits per heavy atom. The van der Waals surface area contributed by atoms with E-state index in [1.165, 1.54) is 0 Å². The van der Waals surface area contributed by atoms with Crippen molar-refractivity contribution < 1.29 is 0 Å². The zero-order valence-electron chi connectivity index (χ0n) is 13.8. The predicted octanol–water partition coefficient (Wildman–Crippen LogP) is 5.17. The van der Waals surface area contributed by atoms with E-state index in [9.17, 15) is 0 Å². The summed E-state index contributed by atoms with van der Waals surface area (Å²) >= 11 is 14.2. The summed E-state index contributed by atoms with van der Waals surface area (Å²) in [5.41, 5.74) is 1.53. The molecule has 4 heterocycles. The molecule has 27 heavy (non-hydrogen) atoms. The van der Waals surface area contributed by atoms with E-state index in [2.05, 4.69) is 45.8 Å². The quantitative estimate of drug-likeness (QED) is 0.286. The van der Waals surface area contributed by atoms with E-state index in [0.717, 1.165) is 16.0 Å². The summed E-state index contributed by atoms with van der Waals surface area (Å²) in [4.78, 5) is 23.1. The van der Waals surface area contributed by atoms with Gasteiger partial charge in [0.15, 0.2) is 0 Å². The second-order valence-electron chi connectivity index (χ2n) is 4.60. The standard InChI is InChI=1S/C9H6ClN3.C5H4BrN.C4H3ClN2/c10-9-12-6-4-8(13-9)7-3-1-2-5-11-7;6-5-3-1-2-4-7-5;5-4-6-2-1-3-7-4/h1-6H;1-4H;1-3H. The second kappa shape index (κ2) is 12.0. The van der Waals surface area contributed by atoms with Gasteiger partial charge >= 0.3 is 0 Å². The highest BCUT2D eigenvalue weighted by molar-refractivity contribution is 9.10. The van der Waals surface area contributed by atoms with E-state index in [-0.39, 0.29) is 5.28 Å². The molecule has 0 saturated heterocycles. The molecule has 0 aliphatic rings. The van der Waals surface area contributed by atoms with E-state index in [4.69, 9.17) is 23.2 Å². The minimum Gasteiger partial charge on any atom is -0.255 e. The lowest BCUT2D eigenvalue weighted by Gasteiger charge is -1.97. The van der Waals surface area contributed by atoms with Gasteiger partial charge in [-0.15, -0.1) is 0 Å². The van der Waals surface area contributed by atoms with Crippen molar-refractivity contribution in [3.05, 3.63) is 94.7 Å². The SMILES string of the molecule is Brc1ccccn1.Clc1nccc(-c2ccccn2)n1.Clc1ncccn1. The van der Waals surface area contributed by atoms with E-state index >= 15 is 0 Å². The third-order valence-corrected chi connectivity index (χ3v) is 3.56. The fourth-order valence-corrected chi connectivity index (χ4v) is 2.15. The fourth-order valence-electron chi connectivity index (χ4n) is 1.61. The van der Waals surface area contributed by atoms with Crippen LogP contribution in [0.25, 0.3) is 11.4 Å². The monoisotopic (exact) mass is 462 g/mol. The molecule has 0 radical (unpaired) electrons. The molecule has 136 valence electrons. The summed E-state index contributed by atoms with van der Waals surface area (Å²) in [5.74, 6) is 0. The number of hydrogen-bond donors (Lipinski definition) is 0. The van der Waals surface area contributed by atoms with Crippen molar-refractivity contribution in [3.63, 3.8) is 0 Å². The van der Waals surface area contributed by atoms with Crippen molar-refractivity contribution in [1.82, 2.24) is 29.9 Å². The average Bonchev–Trinajstić information content (AvgIpc) is 2.71. The normalized spacial score (nSPS) is 9.30. The Morgan fingerprint density at radius 1 is 0.556 bits per heavy atom. The van der Waals surface area contributed by atoms with Crippen molar-refractivity contribution in [2.24, 2.45) is 0 Å². The van der Waals surface area contributed by atoms with Crippen LogP contribution in [0.3, 0.4) is 0 Å². The lowest BCUT2D eigenvalue weighted by Crippen LogP contribution is -1.88. The molecular formula is C18H13BrCl2N6. The van der Waals surface area contributed by atoms with Crippen LogP contribution in [-0.2, 0) is 0 Å². The molecule has 9 heteroatoms. The van der Waals surface area contributed by atoms with Gasteiger partial charge in [-0.1, -0.05) is 12.1 Å². The third kappa shape index (κ3) is 8.63. The molecular weight excluding hydrogens is 451 g/mol. The van der Waals surface area contributed by atoms with Gasteiger partial charge in [0, 0.05) is 31.0 Å². The lowest BCUT2D eigenvalue weighted by molar-refractivity contribution is 1.15. The number of nitrogens with zero attached hydrogens (tertiary/aromatic N) is 6. The van der Waals surface area contributed by atoms with Gasteiger partial charge in [-0.3, -0.25) is 4.98 Å². The second-order valence-corrected chi connectivity index (χ2v) is 6.08. The van der Waals surface area contributed by atoms with Crippen molar-refractivity contribution in [1.29, 1.82) is 0 Å². The summed E-state index contributed by atoms with van der Waals surface area (Å²) in [6.07, 6.45) is 8.25. The fraction of sp³-hybridized carbons (Fsp3) is 0. The first kappa shape index (κ1) is 20.8. The van der Waals surface area contributed by atoms with Crippen LogP contribution < -0.4 is 0 Å². The molecule has 6 nitrogen and oxygen atoms in total. The van der Waals surface area contributed by atoms with E-state index < -0.39 is 0 Å². The van der Waals surface area contributed by atoms with E-state index in [0.29, 0.717) is 5.28 Å². The van der Waals surface area contributed by atoms with Crippen LogP contribution in [0.15, 0.2) is 84.1 Å². The Balaban J connectivity index is 0.000000159. The van der Waals surface area contributed by atoms with Crippen LogP contribution in [0.4, 0.5) is 0 Å². The Kier molecular flexibility index (Phi) is 9.26. The summed E-state index contributed by atoms with van der Waals surface area (Å²) < 4.78 is 0.884. The molecule has 0 fully saturated rings. The third-order valence-electron chi connectivity index (χ3n) is 2.72. The van der Waals surface area contributed by atoms with Crippen LogP contribution in [0.1, 0.15) is 0 Å². The minimum atomic E-state index is 0.239. The summed E-state index contributed by atoms with van der Waals surface area (Å²) in [5, 5.41) is 0.533. The topological polar surface area (TPSA) is 77.3 Å². The molecule has 0 unspecified atom stereocenters. The molecule has 0 N–H and O–H groups in total. The summed E-state index contributed by atoms with van der Waals surface area (Å²) in [7, 11) is 0. The maximum absolute atomic E-state index is 5.64. The number of rotatable bonds is 1. The molecule has 0 atom stereocenters. The van der Waals surface area contributed by atoms with Crippen molar-refractivity contribution in [2.75, 3.05) is 0 Å². The van der Waals surface area contributed by atoms with Crippen molar-refractivity contribution >= 4 is 39.1 Å². The van der Waals surface area contributed by atoms with Gasteiger partial charge in [0.2, 0.25) is 10.6 Å². The van der Waals surface area contributed by atoms with Gasteiger partial charge in [-0.05, 0) is 75.5 Å². The van der Waals surface area contributed by atoms with Crippen LogP contribution in [0, 0.1) is 0 Å². The lowest BCUT2D eigenvalue weighted by atomic mass is 10.3. The van der Waals surface area contributed by atoms with Crippen molar-refractivity contribution in [3.8, 4) is 11.4 Å². The van der Waals surface area contributed by atoms with Crippen molar-refractivity contribution in [2.45, 2.75) is 0 Å². The molecule has 0 amide bonds. The van der Waals surface area contributed by atoms with Crippen LogP contribution in [0.5, 0.6) is 0 Å². The molecule has 0 aliphatic carbocycles. The number of halogens is 3.